The lowest BCUT2D eigenvalue weighted by Crippen LogP contribution is -2.08. The predicted molar refractivity (Wildman–Crippen MR) is 119 cm³/mol. The molecule has 0 bridgehead atoms. The number of aliphatic hydroxyl groups is 1. The van der Waals surface area contributed by atoms with Crippen LogP contribution in [0.2, 0.25) is 5.02 Å². The number of carbonyl (C=O) groups is 1. The van der Waals surface area contributed by atoms with Crippen molar-refractivity contribution in [1.29, 1.82) is 0 Å². The molecule has 156 valence electrons. The topological polar surface area (TPSA) is 100 Å². The number of aliphatic hydroxyl groups excluding tert-OH is 1. The molecule has 2 heterocycles. The highest BCUT2D eigenvalue weighted by atomic mass is 35.5. The fraction of sp³-hybridized carbons (Fsp3) is 0.350. The molecule has 7 nitrogen and oxygen atoms in total. The second-order valence-electron chi connectivity index (χ2n) is 5.89. The lowest BCUT2D eigenvalue weighted by Gasteiger charge is -2.08. The van der Waals surface area contributed by atoms with E-state index in [1.165, 1.54) is 11.8 Å². The van der Waals surface area contributed by atoms with Crippen LogP contribution in [-0.2, 0) is 9.53 Å². The number of ether oxygens (including phenoxy) is 1. The van der Waals surface area contributed by atoms with Gasteiger partial charge in [0.25, 0.3) is 0 Å². The van der Waals surface area contributed by atoms with Gasteiger partial charge in [0.05, 0.1) is 28.1 Å². The number of fused-ring (bicyclic) bond motifs is 1. The van der Waals surface area contributed by atoms with E-state index in [-0.39, 0.29) is 5.25 Å². The third-order valence-electron chi connectivity index (χ3n) is 3.83. The van der Waals surface area contributed by atoms with Gasteiger partial charge in [0.1, 0.15) is 6.29 Å². The highest BCUT2D eigenvalue weighted by molar-refractivity contribution is 8.00. The Kier molecular flexibility index (Phi) is 9.40. The minimum absolute atomic E-state index is 0.178. The van der Waals surface area contributed by atoms with Crippen LogP contribution in [0.3, 0.4) is 0 Å². The summed E-state index contributed by atoms with van der Waals surface area (Å²) in [6, 6.07) is 9.73. The van der Waals surface area contributed by atoms with E-state index < -0.39 is 0 Å². The first-order valence-electron chi connectivity index (χ1n) is 9.15. The number of anilines is 1. The molecule has 0 aliphatic carbocycles. The predicted octanol–water partition coefficient (Wildman–Crippen LogP) is 4.01. The molecule has 0 aliphatic rings. The van der Waals surface area contributed by atoms with Crippen molar-refractivity contribution >= 4 is 46.5 Å². The van der Waals surface area contributed by atoms with Gasteiger partial charge in [0, 0.05) is 31.5 Å². The number of nitrogens with one attached hydrogen (secondary N) is 2. The van der Waals surface area contributed by atoms with Crippen molar-refractivity contribution < 1.29 is 14.6 Å². The van der Waals surface area contributed by atoms with E-state index in [0.717, 1.165) is 36.7 Å². The van der Waals surface area contributed by atoms with Crippen LogP contribution in [0.5, 0.6) is 0 Å². The Morgan fingerprint density at radius 1 is 1.31 bits per heavy atom. The number of imidazole rings is 1. The van der Waals surface area contributed by atoms with Crippen molar-refractivity contribution in [3.63, 3.8) is 0 Å². The Balaban J connectivity index is 0.00000145. The molecular formula is C20H25ClN4O3S. The minimum Gasteiger partial charge on any atom is -0.400 e. The van der Waals surface area contributed by atoms with Gasteiger partial charge in [-0.25, -0.2) is 9.97 Å². The Labute approximate surface area is 179 Å². The standard InChI is InChI=1S/C19H21ClN4O2S.CH4O/c1-3-26-9-8-21-14-6-4-13(5-7-14)17-15(20)10-16-18(23-17)24-19(22-16)27-12(2)11-25;1-2/h4-7,10-12,21H,3,8-9H2,1-2H3,(H,22,23,24);2H,1H3. The molecule has 1 aromatic carbocycles. The second-order valence-corrected chi connectivity index (χ2v) is 7.67. The zero-order chi connectivity index (χ0) is 21.2. The molecule has 1 unspecified atom stereocenters. The molecule has 2 aromatic heterocycles. The van der Waals surface area contributed by atoms with Gasteiger partial charge in [-0.05, 0) is 32.0 Å². The molecule has 29 heavy (non-hydrogen) atoms. The van der Waals surface area contributed by atoms with Gasteiger partial charge in [0.2, 0.25) is 0 Å². The van der Waals surface area contributed by atoms with Gasteiger partial charge in [-0.2, -0.15) is 0 Å². The Morgan fingerprint density at radius 2 is 2.03 bits per heavy atom. The van der Waals surface area contributed by atoms with Gasteiger partial charge in [-0.1, -0.05) is 35.5 Å². The van der Waals surface area contributed by atoms with Gasteiger partial charge >= 0.3 is 0 Å². The van der Waals surface area contributed by atoms with E-state index in [1.54, 1.807) is 0 Å². The molecule has 1 atom stereocenters. The van der Waals surface area contributed by atoms with Crippen molar-refractivity contribution in [2.75, 3.05) is 32.2 Å². The van der Waals surface area contributed by atoms with Crippen LogP contribution in [-0.4, -0.2) is 58.5 Å². The van der Waals surface area contributed by atoms with Crippen molar-refractivity contribution in [1.82, 2.24) is 15.0 Å². The van der Waals surface area contributed by atoms with Gasteiger partial charge in [-0.15, -0.1) is 0 Å². The number of aromatic amines is 1. The average Bonchev–Trinajstić information content (AvgIpc) is 3.13. The van der Waals surface area contributed by atoms with E-state index >= 15 is 0 Å². The van der Waals surface area contributed by atoms with E-state index in [1.807, 2.05) is 44.2 Å². The van der Waals surface area contributed by atoms with E-state index in [4.69, 9.17) is 21.4 Å². The second kappa shape index (κ2) is 11.8. The largest absolute Gasteiger partial charge is 0.400 e. The maximum Gasteiger partial charge on any atom is 0.179 e. The van der Waals surface area contributed by atoms with Crippen LogP contribution < -0.4 is 5.32 Å². The number of pyridine rings is 1. The molecule has 3 aromatic rings. The van der Waals surface area contributed by atoms with E-state index in [2.05, 4.69) is 20.3 Å². The summed E-state index contributed by atoms with van der Waals surface area (Å²) in [7, 11) is 1.00. The number of thioether (sulfide) groups is 1. The van der Waals surface area contributed by atoms with Gasteiger partial charge in [-0.3, -0.25) is 0 Å². The van der Waals surface area contributed by atoms with Crippen LogP contribution in [0.1, 0.15) is 13.8 Å². The van der Waals surface area contributed by atoms with Gasteiger partial charge in [0.15, 0.2) is 10.8 Å². The Hall–Kier alpha value is -2.13. The molecule has 0 spiro atoms. The van der Waals surface area contributed by atoms with Crippen LogP contribution >= 0.6 is 23.4 Å². The quantitative estimate of drug-likeness (QED) is 0.264. The first-order valence-corrected chi connectivity index (χ1v) is 10.4. The zero-order valence-corrected chi connectivity index (χ0v) is 18.2. The first kappa shape index (κ1) is 23.2. The number of hydrogen-bond donors (Lipinski definition) is 3. The Morgan fingerprint density at radius 3 is 2.69 bits per heavy atom. The number of halogens is 1. The number of H-pyrrole nitrogens is 1. The monoisotopic (exact) mass is 436 g/mol. The number of nitrogens with zero attached hydrogens (tertiary/aromatic N) is 2. The van der Waals surface area contributed by atoms with Crippen LogP contribution in [0, 0.1) is 0 Å². The number of rotatable bonds is 9. The van der Waals surface area contributed by atoms with Gasteiger partial charge < -0.3 is 24.9 Å². The molecule has 0 saturated carbocycles. The maximum atomic E-state index is 10.8. The van der Waals surface area contributed by atoms with E-state index in [9.17, 15) is 4.79 Å². The van der Waals surface area contributed by atoms with Crippen LogP contribution in [0.15, 0.2) is 35.5 Å². The molecule has 9 heteroatoms. The highest BCUT2D eigenvalue weighted by Crippen LogP contribution is 2.31. The zero-order valence-electron chi connectivity index (χ0n) is 16.6. The fourth-order valence-electron chi connectivity index (χ4n) is 2.52. The summed E-state index contributed by atoms with van der Waals surface area (Å²) in [5, 5.41) is 11.3. The normalized spacial score (nSPS) is 11.6. The number of hydrogen-bond acceptors (Lipinski definition) is 7. The molecule has 0 fully saturated rings. The summed E-state index contributed by atoms with van der Waals surface area (Å²) in [5.41, 5.74) is 3.93. The molecule has 0 aliphatic heterocycles. The molecule has 0 saturated heterocycles. The number of aldehydes is 1. The summed E-state index contributed by atoms with van der Waals surface area (Å²) in [6.45, 7) is 5.94. The third kappa shape index (κ3) is 6.43. The first-order chi connectivity index (χ1) is 14.1. The maximum absolute atomic E-state index is 10.8. The summed E-state index contributed by atoms with van der Waals surface area (Å²) in [6.07, 6.45) is 0.883. The van der Waals surface area contributed by atoms with Crippen molar-refractivity contribution in [3.8, 4) is 11.3 Å². The average molecular weight is 437 g/mol. The van der Waals surface area contributed by atoms with Crippen molar-refractivity contribution in [2.45, 2.75) is 24.3 Å². The molecule has 3 N–H and O–H groups in total. The third-order valence-corrected chi connectivity index (χ3v) is 5.02. The molecule has 0 radical (unpaired) electrons. The summed E-state index contributed by atoms with van der Waals surface area (Å²) >= 11 is 7.79. The Bertz CT molecular complexity index is 918. The SMILES string of the molecule is CCOCCNc1ccc(-c2nc3nc(SC(C)C=O)[nH]c3cc2Cl)cc1.CO. The molecule has 0 amide bonds. The van der Waals surface area contributed by atoms with Crippen molar-refractivity contribution in [3.05, 3.63) is 35.4 Å². The molecule has 3 rings (SSSR count). The fourth-order valence-corrected chi connectivity index (χ4v) is 3.49. The van der Waals surface area contributed by atoms with Crippen LogP contribution in [0.4, 0.5) is 5.69 Å². The number of benzene rings is 1. The lowest BCUT2D eigenvalue weighted by atomic mass is 10.1. The van der Waals surface area contributed by atoms with E-state index in [0.29, 0.717) is 34.7 Å². The summed E-state index contributed by atoms with van der Waals surface area (Å²) in [5.74, 6) is 0. The minimum atomic E-state index is -0.178. The summed E-state index contributed by atoms with van der Waals surface area (Å²) < 4.78 is 5.32. The molecular weight excluding hydrogens is 412 g/mol. The van der Waals surface area contributed by atoms with Crippen LogP contribution in [0.25, 0.3) is 22.4 Å². The smallest absolute Gasteiger partial charge is 0.179 e. The van der Waals surface area contributed by atoms with Crippen molar-refractivity contribution in [2.24, 2.45) is 0 Å². The number of carbonyl (C=O) groups excluding carboxylic acids is 1. The summed E-state index contributed by atoms with van der Waals surface area (Å²) in [4.78, 5) is 23.0. The lowest BCUT2D eigenvalue weighted by molar-refractivity contribution is -0.107. The highest BCUT2D eigenvalue weighted by Gasteiger charge is 2.13. The number of aromatic nitrogens is 3.